The van der Waals surface area contributed by atoms with Gasteiger partial charge in [0.25, 0.3) is 5.91 Å². The Morgan fingerprint density at radius 3 is 2.58 bits per heavy atom. The number of rotatable bonds is 4. The van der Waals surface area contributed by atoms with E-state index in [0.29, 0.717) is 5.02 Å². The number of carbonyl (C=O) groups excluding carboxylic acids is 2. The Kier molecular flexibility index (Phi) is 4.95. The molecular weight excluding hydrogens is 352 g/mol. The van der Waals surface area contributed by atoms with Crippen molar-refractivity contribution in [1.29, 1.82) is 0 Å². The van der Waals surface area contributed by atoms with Crippen molar-refractivity contribution in [1.82, 2.24) is 16.0 Å². The van der Waals surface area contributed by atoms with E-state index in [4.69, 9.17) is 17.3 Å². The van der Waals surface area contributed by atoms with Gasteiger partial charge in [0.15, 0.2) is 0 Å². The molecule has 0 spiro atoms. The number of nitrogens with one attached hydrogen (secondary N) is 3. The van der Waals surface area contributed by atoms with Gasteiger partial charge in [-0.05, 0) is 34.9 Å². The van der Waals surface area contributed by atoms with Gasteiger partial charge in [-0.1, -0.05) is 48.5 Å². The average molecular weight is 369 g/mol. The highest BCUT2D eigenvalue weighted by Gasteiger charge is 2.23. The highest BCUT2D eigenvalue weighted by atomic mass is 35.5. The van der Waals surface area contributed by atoms with Crippen molar-refractivity contribution in [2.45, 2.75) is 6.54 Å². The molecule has 26 heavy (non-hydrogen) atoms. The second kappa shape index (κ2) is 7.33. The van der Waals surface area contributed by atoms with E-state index in [1.165, 1.54) is 0 Å². The van der Waals surface area contributed by atoms with Crippen LogP contribution in [-0.4, -0.2) is 11.9 Å². The highest BCUT2D eigenvalue weighted by Crippen LogP contribution is 2.22. The van der Waals surface area contributed by atoms with Crippen molar-refractivity contribution in [2.24, 2.45) is 5.73 Å². The molecule has 3 amide bonds. The van der Waals surface area contributed by atoms with Crippen LogP contribution < -0.4 is 21.7 Å². The van der Waals surface area contributed by atoms with Gasteiger partial charge in [0.05, 0.1) is 11.4 Å². The Hall–Kier alpha value is -3.25. The summed E-state index contributed by atoms with van der Waals surface area (Å²) in [6.45, 7) is 3.89. The van der Waals surface area contributed by atoms with Crippen LogP contribution in [0.5, 0.6) is 0 Å². The van der Waals surface area contributed by atoms with E-state index in [0.717, 1.165) is 16.7 Å². The minimum absolute atomic E-state index is 0.00685. The van der Waals surface area contributed by atoms with Crippen molar-refractivity contribution in [2.75, 3.05) is 0 Å². The first-order valence-corrected chi connectivity index (χ1v) is 8.22. The summed E-state index contributed by atoms with van der Waals surface area (Å²) in [5.41, 5.74) is 9.04. The normalized spacial score (nSPS) is 13.9. The lowest BCUT2D eigenvalue weighted by Crippen LogP contribution is -2.46. The fourth-order valence-electron chi connectivity index (χ4n) is 2.52. The lowest BCUT2D eigenvalue weighted by molar-refractivity contribution is -0.118. The zero-order valence-corrected chi connectivity index (χ0v) is 14.6. The van der Waals surface area contributed by atoms with Crippen molar-refractivity contribution in [3.63, 3.8) is 0 Å². The second-order valence-electron chi connectivity index (χ2n) is 5.74. The van der Waals surface area contributed by atoms with Gasteiger partial charge in [-0.25, -0.2) is 4.79 Å². The standard InChI is InChI=1S/C19H17ClN4O2/c1-11-16(21)17(24-19(26)23-11)18(25)22-10-12-3-2-4-14(9-12)13-5-7-15(20)8-6-13/h2-9H,1,10,21H2,(H,22,25)(H2,23,24,26). The third-order valence-electron chi connectivity index (χ3n) is 3.88. The Morgan fingerprint density at radius 2 is 1.85 bits per heavy atom. The van der Waals surface area contributed by atoms with Gasteiger partial charge in [-0.3, -0.25) is 4.79 Å². The number of halogens is 1. The van der Waals surface area contributed by atoms with Crippen LogP contribution in [-0.2, 0) is 11.3 Å². The van der Waals surface area contributed by atoms with E-state index in [9.17, 15) is 9.59 Å². The molecule has 1 aliphatic rings. The molecule has 0 bridgehead atoms. The molecule has 0 atom stereocenters. The van der Waals surface area contributed by atoms with Crippen LogP contribution in [0.3, 0.4) is 0 Å². The van der Waals surface area contributed by atoms with E-state index in [-0.39, 0.29) is 23.6 Å². The molecule has 0 saturated carbocycles. The summed E-state index contributed by atoms with van der Waals surface area (Å²) in [5.74, 6) is -0.476. The van der Waals surface area contributed by atoms with Crippen molar-refractivity contribution >= 4 is 23.5 Å². The monoisotopic (exact) mass is 368 g/mol. The van der Waals surface area contributed by atoms with E-state index in [2.05, 4.69) is 22.5 Å². The molecule has 2 aromatic carbocycles. The van der Waals surface area contributed by atoms with Gasteiger partial charge >= 0.3 is 6.03 Å². The van der Waals surface area contributed by atoms with Crippen LogP contribution in [0, 0.1) is 0 Å². The molecule has 7 heteroatoms. The van der Waals surface area contributed by atoms with Gasteiger partial charge in [0.2, 0.25) is 0 Å². The van der Waals surface area contributed by atoms with Gasteiger partial charge in [0, 0.05) is 11.6 Å². The molecular formula is C19H17ClN4O2. The van der Waals surface area contributed by atoms with Gasteiger partial charge in [-0.2, -0.15) is 0 Å². The van der Waals surface area contributed by atoms with Crippen molar-refractivity contribution in [3.05, 3.63) is 82.8 Å². The molecule has 2 aromatic rings. The summed E-state index contributed by atoms with van der Waals surface area (Å²) in [4.78, 5) is 23.8. The van der Waals surface area contributed by atoms with E-state index in [1.807, 2.05) is 48.5 Å². The maximum atomic E-state index is 12.3. The van der Waals surface area contributed by atoms with Crippen LogP contribution >= 0.6 is 11.6 Å². The molecule has 1 heterocycles. The first-order valence-electron chi connectivity index (χ1n) is 7.84. The number of amides is 3. The molecule has 0 radical (unpaired) electrons. The first kappa shape index (κ1) is 17.6. The summed E-state index contributed by atoms with van der Waals surface area (Å²) in [6, 6.07) is 14.7. The van der Waals surface area contributed by atoms with Crippen LogP contribution in [0.2, 0.25) is 5.02 Å². The molecule has 0 unspecified atom stereocenters. The molecule has 0 fully saturated rings. The predicted molar refractivity (Wildman–Crippen MR) is 101 cm³/mol. The molecule has 3 rings (SSSR count). The molecule has 0 aliphatic carbocycles. The quantitative estimate of drug-likeness (QED) is 0.668. The summed E-state index contributed by atoms with van der Waals surface area (Å²) < 4.78 is 0. The number of hydrogen-bond acceptors (Lipinski definition) is 3. The first-order chi connectivity index (χ1) is 12.4. The van der Waals surface area contributed by atoms with Gasteiger partial charge in [-0.15, -0.1) is 0 Å². The Balaban J connectivity index is 1.72. The molecule has 5 N–H and O–H groups in total. The second-order valence-corrected chi connectivity index (χ2v) is 6.17. The Bertz CT molecular complexity index is 919. The third kappa shape index (κ3) is 3.87. The lowest BCUT2D eigenvalue weighted by Gasteiger charge is -2.20. The topological polar surface area (TPSA) is 96.2 Å². The van der Waals surface area contributed by atoms with E-state index >= 15 is 0 Å². The summed E-state index contributed by atoms with van der Waals surface area (Å²) in [5, 5.41) is 8.22. The van der Waals surface area contributed by atoms with Crippen molar-refractivity contribution < 1.29 is 9.59 Å². The molecule has 6 nitrogen and oxygen atoms in total. The fraction of sp³-hybridized carbons (Fsp3) is 0.0526. The van der Waals surface area contributed by atoms with Crippen molar-refractivity contribution in [3.8, 4) is 11.1 Å². The minimum Gasteiger partial charge on any atom is -0.395 e. The Morgan fingerprint density at radius 1 is 1.12 bits per heavy atom. The van der Waals surface area contributed by atoms with E-state index in [1.54, 1.807) is 0 Å². The minimum atomic E-state index is -0.543. The summed E-state index contributed by atoms with van der Waals surface area (Å²) in [7, 11) is 0. The van der Waals surface area contributed by atoms with Crippen LogP contribution in [0.25, 0.3) is 11.1 Å². The fourth-order valence-corrected chi connectivity index (χ4v) is 2.65. The average Bonchev–Trinajstić information content (AvgIpc) is 2.63. The molecule has 0 saturated heterocycles. The third-order valence-corrected chi connectivity index (χ3v) is 4.13. The largest absolute Gasteiger partial charge is 0.395 e. The van der Waals surface area contributed by atoms with Crippen LogP contribution in [0.4, 0.5) is 4.79 Å². The maximum absolute atomic E-state index is 12.3. The number of benzene rings is 2. The number of nitrogens with two attached hydrogens (primary N) is 1. The molecule has 0 aromatic heterocycles. The van der Waals surface area contributed by atoms with Gasteiger partial charge in [0.1, 0.15) is 5.70 Å². The van der Waals surface area contributed by atoms with Crippen LogP contribution in [0.15, 0.2) is 72.2 Å². The lowest BCUT2D eigenvalue weighted by atomic mass is 10.0. The number of hydrogen-bond donors (Lipinski definition) is 4. The molecule has 1 aliphatic heterocycles. The zero-order chi connectivity index (χ0) is 18.7. The zero-order valence-electron chi connectivity index (χ0n) is 13.8. The Labute approximate surface area is 155 Å². The number of carbonyl (C=O) groups is 2. The molecule has 132 valence electrons. The highest BCUT2D eigenvalue weighted by molar-refractivity contribution is 6.30. The predicted octanol–water partition coefficient (Wildman–Crippen LogP) is 2.62. The summed E-state index contributed by atoms with van der Waals surface area (Å²) >= 11 is 5.92. The van der Waals surface area contributed by atoms with Gasteiger partial charge < -0.3 is 21.7 Å². The van der Waals surface area contributed by atoms with E-state index < -0.39 is 11.9 Å². The SMILES string of the molecule is C=C1NC(=O)NC(C(=O)NCc2cccc(-c3ccc(Cl)cc3)c2)=C1N. The number of urea groups is 1. The van der Waals surface area contributed by atoms with Crippen LogP contribution in [0.1, 0.15) is 5.56 Å². The smallest absolute Gasteiger partial charge is 0.323 e. The maximum Gasteiger partial charge on any atom is 0.323 e. The summed E-state index contributed by atoms with van der Waals surface area (Å²) in [6.07, 6.45) is 0.